The van der Waals surface area contributed by atoms with Crippen LogP contribution in [0.15, 0.2) is 35.7 Å². The van der Waals surface area contributed by atoms with Crippen LogP contribution in [0.4, 0.5) is 0 Å². The van der Waals surface area contributed by atoms with Crippen molar-refractivity contribution in [2.75, 3.05) is 0 Å². The number of unbranched alkanes of at least 4 members (excludes halogenated alkanes) is 2. The van der Waals surface area contributed by atoms with Gasteiger partial charge in [-0.05, 0) is 56.4 Å². The Hall–Kier alpha value is -2.84. The second-order valence-corrected chi connectivity index (χ2v) is 9.73. The zero-order valence-corrected chi connectivity index (χ0v) is 19.7. The largest absolute Gasteiger partial charge is 0.507 e. The van der Waals surface area contributed by atoms with Crippen LogP contribution < -0.4 is 4.72 Å². The van der Waals surface area contributed by atoms with E-state index in [9.17, 15) is 23.4 Å². The molecule has 2 aromatic carbocycles. The molecule has 0 aliphatic rings. The first kappa shape index (κ1) is 25.4. The minimum absolute atomic E-state index is 0.0331. The van der Waals surface area contributed by atoms with Gasteiger partial charge >= 0.3 is 5.97 Å². The van der Waals surface area contributed by atoms with Gasteiger partial charge in [0, 0.05) is 0 Å². The molecule has 0 aliphatic carbocycles. The molecule has 1 unspecified atom stereocenters. The lowest BCUT2D eigenvalue weighted by Gasteiger charge is -2.20. The van der Waals surface area contributed by atoms with Gasteiger partial charge < -0.3 is 15.3 Å². The summed E-state index contributed by atoms with van der Waals surface area (Å²) in [5.41, 5.74) is 2.80. The second kappa shape index (κ2) is 10.2. The van der Waals surface area contributed by atoms with E-state index in [4.69, 9.17) is 5.11 Å². The zero-order valence-electron chi connectivity index (χ0n) is 18.9. The highest BCUT2D eigenvalue weighted by atomic mass is 32.2. The van der Waals surface area contributed by atoms with Crippen molar-refractivity contribution in [1.29, 1.82) is 0 Å². The number of aromatic hydroxyl groups is 2. The maximum absolute atomic E-state index is 13.2. The van der Waals surface area contributed by atoms with Crippen molar-refractivity contribution in [2.24, 2.45) is 0 Å². The summed E-state index contributed by atoms with van der Waals surface area (Å²) >= 11 is 0. The molecule has 0 aromatic heterocycles. The fraction of sp³-hybridized carbons (Fsp3) is 0.375. The molecule has 4 N–H and O–H groups in total. The van der Waals surface area contributed by atoms with Crippen molar-refractivity contribution < 1.29 is 28.5 Å². The molecule has 32 heavy (non-hydrogen) atoms. The molecule has 1 atom stereocenters. The van der Waals surface area contributed by atoms with Gasteiger partial charge in [-0.15, -0.1) is 0 Å². The first-order valence-electron chi connectivity index (χ1n) is 10.5. The Morgan fingerprint density at radius 2 is 1.84 bits per heavy atom. The number of sulfonamides is 1. The summed E-state index contributed by atoms with van der Waals surface area (Å²) < 4.78 is 28.4. The summed E-state index contributed by atoms with van der Waals surface area (Å²) in [7, 11) is -4.41. The first-order chi connectivity index (χ1) is 14.9. The van der Waals surface area contributed by atoms with Crippen LogP contribution in [0.5, 0.6) is 11.5 Å². The molecule has 8 heteroatoms. The standard InChI is InChI=1S/C24H31NO6S/c1-6-7-8-9-17-13-20(26)21(19-12-15(4)10-11-18(19)14(2)3)22(27)23(17)32(30,31)25-16(5)24(28)29/h10-13,16,25-27H,2,6-9H2,1,3-5H3,(H,28,29). The highest BCUT2D eigenvalue weighted by molar-refractivity contribution is 7.89. The second-order valence-electron chi connectivity index (χ2n) is 8.08. The third kappa shape index (κ3) is 5.49. The zero-order chi connectivity index (χ0) is 24.2. The van der Waals surface area contributed by atoms with Gasteiger partial charge in [-0.25, -0.2) is 8.42 Å². The Labute approximate surface area is 189 Å². The predicted molar refractivity (Wildman–Crippen MR) is 125 cm³/mol. The number of aryl methyl sites for hydroxylation is 2. The van der Waals surface area contributed by atoms with Gasteiger partial charge in [0.1, 0.15) is 22.4 Å². The maximum atomic E-state index is 13.2. The van der Waals surface area contributed by atoms with Crippen LogP contribution in [-0.2, 0) is 21.2 Å². The number of nitrogens with one attached hydrogen (secondary N) is 1. The first-order valence-corrected chi connectivity index (χ1v) is 12.0. The van der Waals surface area contributed by atoms with E-state index in [1.807, 2.05) is 19.9 Å². The molecule has 0 spiro atoms. The lowest BCUT2D eigenvalue weighted by atomic mass is 9.91. The molecular formula is C24H31NO6S. The van der Waals surface area contributed by atoms with Gasteiger partial charge in [-0.2, -0.15) is 4.72 Å². The topological polar surface area (TPSA) is 124 Å². The van der Waals surface area contributed by atoms with E-state index in [1.54, 1.807) is 19.1 Å². The minimum Gasteiger partial charge on any atom is -0.507 e. The van der Waals surface area contributed by atoms with Crippen molar-refractivity contribution in [2.45, 2.75) is 64.3 Å². The molecular weight excluding hydrogens is 430 g/mol. The number of benzene rings is 2. The van der Waals surface area contributed by atoms with Gasteiger partial charge in [0.25, 0.3) is 0 Å². The van der Waals surface area contributed by atoms with E-state index in [1.165, 1.54) is 13.0 Å². The minimum atomic E-state index is -4.41. The number of allylic oxidation sites excluding steroid dienone is 1. The Morgan fingerprint density at radius 3 is 2.41 bits per heavy atom. The highest BCUT2D eigenvalue weighted by Crippen LogP contribution is 2.46. The van der Waals surface area contributed by atoms with E-state index < -0.39 is 32.7 Å². The van der Waals surface area contributed by atoms with Crippen molar-refractivity contribution in [3.63, 3.8) is 0 Å². The molecule has 0 bridgehead atoms. The fourth-order valence-corrected chi connectivity index (χ4v) is 5.13. The molecule has 0 saturated heterocycles. The number of hydrogen-bond acceptors (Lipinski definition) is 5. The Morgan fingerprint density at radius 1 is 1.19 bits per heavy atom. The maximum Gasteiger partial charge on any atom is 0.321 e. The lowest BCUT2D eigenvalue weighted by molar-refractivity contribution is -0.138. The van der Waals surface area contributed by atoms with Crippen molar-refractivity contribution >= 4 is 21.6 Å². The van der Waals surface area contributed by atoms with Crippen LogP contribution in [0.2, 0.25) is 0 Å². The Balaban J connectivity index is 2.83. The monoisotopic (exact) mass is 461 g/mol. The van der Waals surface area contributed by atoms with E-state index in [-0.39, 0.29) is 16.9 Å². The van der Waals surface area contributed by atoms with Gasteiger partial charge in [-0.3, -0.25) is 4.79 Å². The van der Waals surface area contributed by atoms with Crippen LogP contribution in [0.3, 0.4) is 0 Å². The lowest BCUT2D eigenvalue weighted by Crippen LogP contribution is -2.38. The molecule has 0 amide bonds. The van der Waals surface area contributed by atoms with Crippen molar-refractivity contribution in [3.8, 4) is 22.6 Å². The number of carboxylic acids is 1. The van der Waals surface area contributed by atoms with Crippen molar-refractivity contribution in [3.05, 3.63) is 47.5 Å². The number of carboxylic acid groups (broad SMARTS) is 1. The summed E-state index contributed by atoms with van der Waals surface area (Å²) in [4.78, 5) is 10.8. The number of rotatable bonds is 10. The van der Waals surface area contributed by atoms with Gasteiger partial charge in [0.15, 0.2) is 0 Å². The average molecular weight is 462 g/mol. The van der Waals surface area contributed by atoms with E-state index >= 15 is 0 Å². The molecule has 0 aliphatic heterocycles. The van der Waals surface area contributed by atoms with Crippen LogP contribution in [0, 0.1) is 6.92 Å². The van der Waals surface area contributed by atoms with Gasteiger partial charge in [0.05, 0.1) is 5.56 Å². The van der Waals surface area contributed by atoms with Crippen LogP contribution >= 0.6 is 0 Å². The number of hydrogen-bond donors (Lipinski definition) is 4. The summed E-state index contributed by atoms with van der Waals surface area (Å²) in [5.74, 6) is -2.22. The Kier molecular flexibility index (Phi) is 8.09. The van der Waals surface area contributed by atoms with Crippen LogP contribution in [-0.4, -0.2) is 35.7 Å². The van der Waals surface area contributed by atoms with Gasteiger partial charge in [-0.1, -0.05) is 55.7 Å². The highest BCUT2D eigenvalue weighted by Gasteiger charge is 2.31. The number of phenolic OH excluding ortho intramolecular Hbond substituents is 2. The molecule has 2 rings (SSSR count). The normalized spacial score (nSPS) is 12.5. The SMILES string of the molecule is C=C(C)c1ccc(C)cc1-c1c(O)cc(CCCCC)c(S(=O)(=O)NC(C)C(=O)O)c1O. The van der Waals surface area contributed by atoms with Crippen LogP contribution in [0.25, 0.3) is 16.7 Å². The molecule has 0 heterocycles. The van der Waals surface area contributed by atoms with E-state index in [0.29, 0.717) is 29.5 Å². The summed E-state index contributed by atoms with van der Waals surface area (Å²) in [5, 5.41) is 31.2. The van der Waals surface area contributed by atoms with Crippen molar-refractivity contribution in [1.82, 2.24) is 4.72 Å². The van der Waals surface area contributed by atoms with E-state index in [0.717, 1.165) is 18.4 Å². The molecule has 0 saturated carbocycles. The number of aliphatic carboxylic acids is 1. The molecule has 0 fully saturated rings. The van der Waals surface area contributed by atoms with E-state index in [2.05, 4.69) is 11.3 Å². The number of carbonyl (C=O) groups is 1. The van der Waals surface area contributed by atoms with Crippen LogP contribution in [0.1, 0.15) is 56.7 Å². The third-order valence-corrected chi connectivity index (χ3v) is 6.89. The molecule has 7 nitrogen and oxygen atoms in total. The predicted octanol–water partition coefficient (Wildman–Crippen LogP) is 4.59. The number of phenols is 2. The Bertz CT molecular complexity index is 1140. The average Bonchev–Trinajstić information content (AvgIpc) is 2.67. The summed E-state index contributed by atoms with van der Waals surface area (Å²) in [6, 6.07) is 5.33. The summed E-state index contributed by atoms with van der Waals surface area (Å²) in [6.45, 7) is 10.8. The fourth-order valence-electron chi connectivity index (χ4n) is 3.59. The summed E-state index contributed by atoms with van der Waals surface area (Å²) in [6.07, 6.45) is 2.68. The van der Waals surface area contributed by atoms with Gasteiger partial charge in [0.2, 0.25) is 10.0 Å². The molecule has 174 valence electrons. The third-order valence-electron chi connectivity index (χ3n) is 5.24. The molecule has 0 radical (unpaired) electrons. The quantitative estimate of drug-likeness (QED) is 0.384. The molecule has 2 aromatic rings. The smallest absolute Gasteiger partial charge is 0.321 e.